The van der Waals surface area contributed by atoms with Crippen molar-refractivity contribution in [1.29, 1.82) is 0 Å². The second-order valence-electron chi connectivity index (χ2n) is 9.73. The van der Waals surface area contributed by atoms with Crippen LogP contribution in [0.25, 0.3) is 11.0 Å². The number of aromatic nitrogens is 3. The topological polar surface area (TPSA) is 74.3 Å². The van der Waals surface area contributed by atoms with Crippen LogP contribution in [0.5, 0.6) is 0 Å². The minimum atomic E-state index is -0.485. The first-order valence-corrected chi connectivity index (χ1v) is 11.9. The number of aromatic amines is 1. The van der Waals surface area contributed by atoms with Gasteiger partial charge in [-0.3, -0.25) is 4.98 Å². The van der Waals surface area contributed by atoms with Crippen LogP contribution >= 0.6 is 15.9 Å². The van der Waals surface area contributed by atoms with Gasteiger partial charge < -0.3 is 19.5 Å². The third-order valence-corrected chi connectivity index (χ3v) is 6.90. The first-order valence-electron chi connectivity index (χ1n) is 11.1. The third kappa shape index (κ3) is 3.96. The summed E-state index contributed by atoms with van der Waals surface area (Å²) in [5.74, 6) is 0.443. The molecule has 0 aromatic carbocycles. The number of hydrogen-bond acceptors (Lipinski definition) is 5. The molecule has 2 saturated heterocycles. The zero-order valence-corrected chi connectivity index (χ0v) is 20.2. The van der Waals surface area contributed by atoms with Gasteiger partial charge in [-0.1, -0.05) is 6.07 Å². The highest BCUT2D eigenvalue weighted by Gasteiger charge is 2.45. The number of carbonyl (C=O) groups is 1. The van der Waals surface area contributed by atoms with Gasteiger partial charge in [-0.15, -0.1) is 0 Å². The Labute approximate surface area is 196 Å². The fourth-order valence-corrected chi connectivity index (χ4v) is 5.51. The summed E-state index contributed by atoms with van der Waals surface area (Å²) < 4.78 is 6.61. The van der Waals surface area contributed by atoms with E-state index in [-0.39, 0.29) is 12.1 Å². The van der Waals surface area contributed by atoms with E-state index in [1.54, 1.807) is 6.20 Å². The molecule has 168 valence electrons. The number of hydrogen-bond donors (Lipinski definition) is 1. The highest BCUT2D eigenvalue weighted by Crippen LogP contribution is 2.43. The van der Waals surface area contributed by atoms with Gasteiger partial charge in [-0.25, -0.2) is 9.78 Å². The van der Waals surface area contributed by atoms with Crippen molar-refractivity contribution in [2.24, 2.45) is 5.92 Å². The van der Waals surface area contributed by atoms with Gasteiger partial charge in [-0.05, 0) is 60.3 Å². The number of H-pyrrole nitrogens is 1. The van der Waals surface area contributed by atoms with Gasteiger partial charge in [0, 0.05) is 62.1 Å². The van der Waals surface area contributed by atoms with Crippen LogP contribution in [0.2, 0.25) is 0 Å². The average molecular weight is 498 g/mol. The number of nitrogens with zero attached hydrogens (tertiary/aromatic N) is 4. The smallest absolute Gasteiger partial charge is 0.410 e. The second-order valence-corrected chi connectivity index (χ2v) is 10.6. The monoisotopic (exact) mass is 497 g/mol. The van der Waals surface area contributed by atoms with Crippen molar-refractivity contribution < 1.29 is 9.53 Å². The lowest BCUT2D eigenvalue weighted by Crippen LogP contribution is -2.39. The second kappa shape index (κ2) is 8.06. The molecule has 3 aromatic heterocycles. The molecule has 0 aliphatic carbocycles. The normalized spacial score (nSPS) is 20.8. The van der Waals surface area contributed by atoms with E-state index in [2.05, 4.69) is 48.0 Å². The van der Waals surface area contributed by atoms with Gasteiger partial charge >= 0.3 is 6.09 Å². The van der Waals surface area contributed by atoms with E-state index in [0.29, 0.717) is 12.5 Å². The Kier molecular flexibility index (Phi) is 5.35. The molecular weight excluding hydrogens is 470 g/mol. The summed E-state index contributed by atoms with van der Waals surface area (Å²) in [6.07, 6.45) is 9.25. The van der Waals surface area contributed by atoms with Crippen LogP contribution in [-0.2, 0) is 11.2 Å². The van der Waals surface area contributed by atoms with Crippen molar-refractivity contribution in [3.63, 3.8) is 0 Å². The third-order valence-electron chi connectivity index (χ3n) is 6.31. The Hall–Kier alpha value is -2.61. The molecule has 32 heavy (non-hydrogen) atoms. The van der Waals surface area contributed by atoms with Gasteiger partial charge in [0.15, 0.2) is 0 Å². The number of rotatable bonds is 3. The fourth-order valence-electron chi connectivity index (χ4n) is 4.98. The Morgan fingerprint density at radius 1 is 1.31 bits per heavy atom. The molecule has 7 nitrogen and oxygen atoms in total. The summed E-state index contributed by atoms with van der Waals surface area (Å²) in [6.45, 7) is 8.13. The first-order chi connectivity index (χ1) is 15.3. The minimum Gasteiger partial charge on any atom is -0.444 e. The number of likely N-dealkylation sites (tertiary alicyclic amines) is 1. The summed E-state index contributed by atoms with van der Waals surface area (Å²) in [7, 11) is 0. The number of nitrogens with one attached hydrogen (secondary N) is 1. The predicted octanol–water partition coefficient (Wildman–Crippen LogP) is 4.76. The van der Waals surface area contributed by atoms with Crippen molar-refractivity contribution >= 4 is 38.7 Å². The summed E-state index contributed by atoms with van der Waals surface area (Å²) >= 11 is 3.78. The molecule has 0 bridgehead atoms. The van der Waals surface area contributed by atoms with Crippen LogP contribution < -0.4 is 4.90 Å². The molecule has 3 aromatic rings. The van der Waals surface area contributed by atoms with E-state index >= 15 is 0 Å². The Morgan fingerprint density at radius 3 is 2.91 bits per heavy atom. The largest absolute Gasteiger partial charge is 0.444 e. The van der Waals surface area contributed by atoms with E-state index in [9.17, 15) is 4.79 Å². The summed E-state index contributed by atoms with van der Waals surface area (Å²) in [5, 5.41) is 1.14. The molecule has 0 radical (unpaired) electrons. The molecule has 2 fully saturated rings. The summed E-state index contributed by atoms with van der Waals surface area (Å²) in [6, 6.07) is 4.33. The van der Waals surface area contributed by atoms with Gasteiger partial charge in [0.05, 0.1) is 16.2 Å². The van der Waals surface area contributed by atoms with E-state index in [4.69, 9.17) is 4.74 Å². The van der Waals surface area contributed by atoms with Crippen molar-refractivity contribution in [3.8, 4) is 0 Å². The van der Waals surface area contributed by atoms with E-state index < -0.39 is 5.60 Å². The molecule has 0 saturated carbocycles. The molecule has 5 rings (SSSR count). The zero-order valence-electron chi connectivity index (χ0n) is 18.6. The van der Waals surface area contributed by atoms with Crippen LogP contribution in [0, 0.1) is 5.92 Å². The standard InChI is InChI=1S/C24H28BrN5O2/c1-24(2,3)32-23(31)29-13-16-6-8-30(19(16)14-29)21-18(25)12-28-22-20(21)17(11-27-22)9-15-5-4-7-26-10-15/h4-5,7,10-12,16,19H,6,8-9,13-14H2,1-3H3,(H,27,28). The quantitative estimate of drug-likeness (QED) is 0.564. The van der Waals surface area contributed by atoms with Crippen LogP contribution in [0.4, 0.5) is 10.5 Å². The molecule has 1 amide bonds. The van der Waals surface area contributed by atoms with Crippen molar-refractivity contribution in [2.75, 3.05) is 24.5 Å². The Morgan fingerprint density at radius 2 is 2.16 bits per heavy atom. The molecule has 0 spiro atoms. The fraction of sp³-hybridized carbons (Fsp3) is 0.458. The van der Waals surface area contributed by atoms with Gasteiger partial charge in [0.25, 0.3) is 0 Å². The number of anilines is 1. The highest BCUT2D eigenvalue weighted by atomic mass is 79.9. The predicted molar refractivity (Wildman–Crippen MR) is 128 cm³/mol. The van der Waals surface area contributed by atoms with Crippen molar-refractivity contribution in [1.82, 2.24) is 19.9 Å². The number of amides is 1. The maximum absolute atomic E-state index is 12.7. The maximum atomic E-state index is 12.7. The van der Waals surface area contributed by atoms with Crippen molar-refractivity contribution in [2.45, 2.75) is 45.3 Å². The summed E-state index contributed by atoms with van der Waals surface area (Å²) in [5.41, 5.74) is 3.92. The molecule has 1 N–H and O–H groups in total. The molecule has 2 aliphatic rings. The van der Waals surface area contributed by atoms with Crippen LogP contribution in [0.15, 0.2) is 41.4 Å². The molecule has 2 atom stereocenters. The first kappa shape index (κ1) is 21.2. The zero-order chi connectivity index (χ0) is 22.5. The van der Waals surface area contributed by atoms with E-state index in [0.717, 1.165) is 52.7 Å². The Balaban J connectivity index is 1.46. The molecule has 5 heterocycles. The average Bonchev–Trinajstić information content (AvgIpc) is 3.43. The SMILES string of the molecule is CC(C)(C)OC(=O)N1CC2CCN(c3c(Br)cnc4[nH]cc(Cc5cccnc5)c34)C2C1. The minimum absolute atomic E-state index is 0.218. The number of halogens is 1. The van der Waals surface area contributed by atoms with E-state index in [1.165, 1.54) is 5.56 Å². The molecular formula is C24H28BrN5O2. The van der Waals surface area contributed by atoms with Gasteiger partial charge in [0.2, 0.25) is 0 Å². The van der Waals surface area contributed by atoms with E-state index in [1.807, 2.05) is 44.1 Å². The lowest BCUT2D eigenvalue weighted by Gasteiger charge is -2.29. The van der Waals surface area contributed by atoms with Gasteiger partial charge in [-0.2, -0.15) is 0 Å². The van der Waals surface area contributed by atoms with Crippen molar-refractivity contribution in [3.05, 3.63) is 52.5 Å². The number of fused-ring (bicyclic) bond motifs is 2. The van der Waals surface area contributed by atoms with Crippen LogP contribution in [0.3, 0.4) is 0 Å². The van der Waals surface area contributed by atoms with Crippen LogP contribution in [-0.4, -0.2) is 57.2 Å². The summed E-state index contributed by atoms with van der Waals surface area (Å²) in [4.78, 5) is 29.2. The molecule has 8 heteroatoms. The Bertz CT molecular complexity index is 1140. The highest BCUT2D eigenvalue weighted by molar-refractivity contribution is 9.10. The number of pyridine rings is 2. The lowest BCUT2D eigenvalue weighted by molar-refractivity contribution is 0.0284. The maximum Gasteiger partial charge on any atom is 0.410 e. The van der Waals surface area contributed by atoms with Gasteiger partial charge in [0.1, 0.15) is 11.2 Å². The molecule has 2 unspecified atom stereocenters. The molecule has 2 aliphatic heterocycles. The lowest BCUT2D eigenvalue weighted by atomic mass is 10.0. The van der Waals surface area contributed by atoms with Crippen LogP contribution in [0.1, 0.15) is 38.3 Å². The number of carbonyl (C=O) groups excluding carboxylic acids is 1. The number of ether oxygens (including phenoxy) is 1.